The Morgan fingerprint density at radius 1 is 1.12 bits per heavy atom. The summed E-state index contributed by atoms with van der Waals surface area (Å²) in [5.74, 6) is 2.33. The van der Waals surface area contributed by atoms with Gasteiger partial charge in [-0.1, -0.05) is 23.2 Å². The first-order valence-electron chi connectivity index (χ1n) is 13.4. The lowest BCUT2D eigenvalue weighted by atomic mass is 10.0. The zero-order valence-electron chi connectivity index (χ0n) is 23.7. The van der Waals surface area contributed by atoms with Crippen molar-refractivity contribution in [1.82, 2.24) is 20.3 Å². The molecule has 0 saturated carbocycles. The van der Waals surface area contributed by atoms with Gasteiger partial charge in [0.15, 0.2) is 5.82 Å². The molecule has 3 aromatic rings. The topological polar surface area (TPSA) is 120 Å². The first-order chi connectivity index (χ1) is 19.7. The van der Waals surface area contributed by atoms with E-state index in [1.165, 1.54) is 21.1 Å². The van der Waals surface area contributed by atoms with E-state index in [0.29, 0.717) is 66.2 Å². The van der Waals surface area contributed by atoms with Gasteiger partial charge in [0.25, 0.3) is 0 Å². The van der Waals surface area contributed by atoms with Crippen LogP contribution in [0, 0.1) is 0 Å². The van der Waals surface area contributed by atoms with Crippen molar-refractivity contribution in [2.45, 2.75) is 44.4 Å². The van der Waals surface area contributed by atoms with Crippen LogP contribution in [0.2, 0.25) is 10.0 Å². The number of aromatic nitrogens is 3. The molecular weight excluding hydrogens is 571 g/mol. The van der Waals surface area contributed by atoms with Gasteiger partial charge in [-0.15, -0.1) is 0 Å². The molecule has 5 rings (SSSR count). The van der Waals surface area contributed by atoms with Crippen LogP contribution < -0.4 is 25.0 Å². The Balaban J connectivity index is 1.62. The van der Waals surface area contributed by atoms with Crippen LogP contribution >= 0.6 is 23.2 Å². The van der Waals surface area contributed by atoms with Gasteiger partial charge in [0.2, 0.25) is 5.91 Å². The fraction of sp³-hybridized carbons (Fsp3) is 0.500. The number of carbonyl (C=O) groups is 1. The number of nitrogens with zero attached hydrogens (tertiary/aromatic N) is 4. The Labute approximate surface area is 248 Å². The molecule has 2 fully saturated rings. The fourth-order valence-electron chi connectivity index (χ4n) is 5.31. The average Bonchev–Trinajstić information content (AvgIpc) is 3.36. The summed E-state index contributed by atoms with van der Waals surface area (Å²) < 4.78 is 22.4. The lowest BCUT2D eigenvalue weighted by molar-refractivity contribution is -0.120. The molecule has 0 bridgehead atoms. The number of halogens is 2. The normalized spacial score (nSPS) is 22.6. The Hall–Kier alpha value is -3.12. The van der Waals surface area contributed by atoms with Crippen LogP contribution in [0.3, 0.4) is 0 Å². The molecule has 0 spiro atoms. The van der Waals surface area contributed by atoms with Crippen molar-refractivity contribution in [3.8, 4) is 22.9 Å². The molecule has 0 radical (unpaired) electrons. The minimum absolute atomic E-state index is 0.0786. The average molecular weight is 606 g/mol. The number of hydrogen-bond donors (Lipinski definition) is 2. The quantitative estimate of drug-likeness (QED) is 0.384. The highest BCUT2D eigenvalue weighted by Gasteiger charge is 2.36. The number of hydrogen-bond acceptors (Lipinski definition) is 10. The molecule has 2 aromatic heterocycles. The summed E-state index contributed by atoms with van der Waals surface area (Å²) in [5, 5.41) is 7.80. The molecule has 2 N–H and O–H groups in total. The maximum atomic E-state index is 11.8. The number of nitrogens with one attached hydrogen (secondary N) is 2. The molecule has 11 nitrogen and oxygen atoms in total. The predicted molar refractivity (Wildman–Crippen MR) is 159 cm³/mol. The van der Waals surface area contributed by atoms with E-state index in [9.17, 15) is 4.79 Å². The van der Waals surface area contributed by atoms with E-state index in [4.69, 9.17) is 52.1 Å². The molecule has 220 valence electrons. The predicted octanol–water partition coefficient (Wildman–Crippen LogP) is 4.34. The molecule has 2 aliphatic rings. The number of pyridine rings is 1. The standard InChI is InChI=1S/C28H34Cl2N6O5/c1-15(37)32-17-6-9-41-13-19(17)33-22-10-16-18(12-31-22)34-26(35-27(16)36-8-7-28(2,14-36)40-5)23-24(29)20(38-3)11-21(39-4)25(23)30/h10-12,17,19H,6-9,13-14H2,1-5H3,(H,31,33)(H,32,37)/t17-,19+,28?/m0/s1. The molecule has 1 amide bonds. The second-order valence-corrected chi connectivity index (χ2v) is 11.2. The van der Waals surface area contributed by atoms with Crippen molar-refractivity contribution in [3.63, 3.8) is 0 Å². The van der Waals surface area contributed by atoms with Crippen LogP contribution in [0.5, 0.6) is 11.5 Å². The van der Waals surface area contributed by atoms with Crippen molar-refractivity contribution in [2.75, 3.05) is 57.8 Å². The summed E-state index contributed by atoms with van der Waals surface area (Å²) >= 11 is 13.5. The molecule has 2 saturated heterocycles. The summed E-state index contributed by atoms with van der Waals surface area (Å²) in [6.45, 7) is 5.98. The number of anilines is 2. The molecule has 3 atom stereocenters. The highest BCUT2D eigenvalue weighted by molar-refractivity contribution is 6.41. The van der Waals surface area contributed by atoms with Gasteiger partial charge < -0.3 is 34.5 Å². The molecule has 0 aliphatic carbocycles. The molecule has 1 unspecified atom stereocenters. The molecule has 2 aliphatic heterocycles. The number of carbonyl (C=O) groups excluding carboxylic acids is 1. The third kappa shape index (κ3) is 5.94. The zero-order chi connectivity index (χ0) is 29.3. The second kappa shape index (κ2) is 12.0. The largest absolute Gasteiger partial charge is 0.495 e. The van der Waals surface area contributed by atoms with Gasteiger partial charge in [-0.3, -0.25) is 4.79 Å². The van der Waals surface area contributed by atoms with Gasteiger partial charge in [-0.2, -0.15) is 0 Å². The minimum atomic E-state index is -0.328. The van der Waals surface area contributed by atoms with Gasteiger partial charge in [0.05, 0.1) is 65.8 Å². The van der Waals surface area contributed by atoms with Crippen LogP contribution in [-0.2, 0) is 14.3 Å². The van der Waals surface area contributed by atoms with E-state index >= 15 is 0 Å². The Kier molecular flexibility index (Phi) is 8.60. The smallest absolute Gasteiger partial charge is 0.217 e. The summed E-state index contributed by atoms with van der Waals surface area (Å²) in [6, 6.07) is 3.33. The van der Waals surface area contributed by atoms with Crippen molar-refractivity contribution in [1.29, 1.82) is 0 Å². The Bertz CT molecular complexity index is 1430. The summed E-state index contributed by atoms with van der Waals surface area (Å²) in [4.78, 5) is 28.4. The third-order valence-electron chi connectivity index (χ3n) is 7.67. The van der Waals surface area contributed by atoms with Crippen LogP contribution in [0.4, 0.5) is 11.6 Å². The Morgan fingerprint density at radius 3 is 2.49 bits per heavy atom. The highest BCUT2D eigenvalue weighted by atomic mass is 35.5. The zero-order valence-corrected chi connectivity index (χ0v) is 25.2. The number of ether oxygens (including phenoxy) is 4. The van der Waals surface area contributed by atoms with Crippen molar-refractivity contribution >= 4 is 51.6 Å². The van der Waals surface area contributed by atoms with Crippen molar-refractivity contribution in [3.05, 3.63) is 28.4 Å². The molecule has 41 heavy (non-hydrogen) atoms. The first-order valence-corrected chi connectivity index (χ1v) is 14.1. The van der Waals surface area contributed by atoms with Gasteiger partial charge in [0.1, 0.15) is 23.1 Å². The van der Waals surface area contributed by atoms with Crippen LogP contribution in [-0.4, -0.2) is 86.2 Å². The van der Waals surface area contributed by atoms with E-state index in [1.54, 1.807) is 19.4 Å². The Morgan fingerprint density at radius 2 is 1.85 bits per heavy atom. The van der Waals surface area contributed by atoms with E-state index in [1.807, 2.05) is 6.07 Å². The molecular formula is C28H34Cl2N6O5. The van der Waals surface area contributed by atoms with E-state index in [2.05, 4.69) is 27.4 Å². The van der Waals surface area contributed by atoms with Gasteiger partial charge >= 0.3 is 0 Å². The van der Waals surface area contributed by atoms with E-state index in [-0.39, 0.29) is 33.6 Å². The summed E-state index contributed by atoms with van der Waals surface area (Å²) in [6.07, 6.45) is 3.22. The molecule has 4 heterocycles. The highest BCUT2D eigenvalue weighted by Crippen LogP contribution is 2.46. The van der Waals surface area contributed by atoms with E-state index in [0.717, 1.165) is 18.4 Å². The lowest BCUT2D eigenvalue weighted by Gasteiger charge is -2.32. The SMILES string of the molecule is COc1cc(OC)c(Cl)c(-c2nc(N3CCC(C)(OC)C3)c3cc(N[C@@H]4COCC[C@@H]4NC(C)=O)ncc3n2)c1Cl. The molecule has 1 aromatic carbocycles. The fourth-order valence-corrected chi connectivity index (χ4v) is 5.98. The van der Waals surface area contributed by atoms with Crippen molar-refractivity contribution < 1.29 is 23.7 Å². The van der Waals surface area contributed by atoms with Crippen molar-refractivity contribution in [2.24, 2.45) is 0 Å². The number of amides is 1. The van der Waals surface area contributed by atoms with Gasteiger partial charge in [-0.05, 0) is 25.8 Å². The second-order valence-electron chi connectivity index (χ2n) is 10.5. The third-order valence-corrected chi connectivity index (χ3v) is 8.42. The van der Waals surface area contributed by atoms with E-state index < -0.39 is 0 Å². The number of rotatable bonds is 8. The van der Waals surface area contributed by atoms with Crippen LogP contribution in [0.25, 0.3) is 22.3 Å². The number of benzene rings is 1. The van der Waals surface area contributed by atoms with Crippen LogP contribution in [0.1, 0.15) is 26.7 Å². The summed E-state index contributed by atoms with van der Waals surface area (Å²) in [7, 11) is 4.76. The number of methoxy groups -OCH3 is 3. The summed E-state index contributed by atoms with van der Waals surface area (Å²) in [5.41, 5.74) is 0.681. The lowest BCUT2D eigenvalue weighted by Crippen LogP contribution is -2.51. The number of fused-ring (bicyclic) bond motifs is 1. The maximum absolute atomic E-state index is 11.8. The maximum Gasteiger partial charge on any atom is 0.217 e. The van der Waals surface area contributed by atoms with Crippen LogP contribution in [0.15, 0.2) is 18.3 Å². The van der Waals surface area contributed by atoms with Gasteiger partial charge in [-0.25, -0.2) is 15.0 Å². The molecule has 13 heteroatoms. The first kappa shape index (κ1) is 29.4. The monoisotopic (exact) mass is 604 g/mol. The minimum Gasteiger partial charge on any atom is -0.495 e. The van der Waals surface area contributed by atoms with Gasteiger partial charge in [0, 0.05) is 45.2 Å².